The molecule has 2 N–H and O–H groups in total. The summed E-state index contributed by atoms with van der Waals surface area (Å²) in [7, 11) is -3.26. The zero-order valence-electron chi connectivity index (χ0n) is 10.2. The molecular weight excluding hydrogens is 236 g/mol. The topological polar surface area (TPSA) is 58.2 Å². The van der Waals surface area contributed by atoms with Crippen molar-refractivity contribution in [1.82, 2.24) is 0 Å². The van der Waals surface area contributed by atoms with Crippen molar-refractivity contribution in [2.24, 2.45) is 0 Å². The van der Waals surface area contributed by atoms with Gasteiger partial charge in [-0.05, 0) is 44.4 Å². The third kappa shape index (κ3) is 2.54. The Balaban J connectivity index is 2.34. The highest BCUT2D eigenvalue weighted by atomic mass is 32.2. The molecule has 0 spiro atoms. The molecule has 0 saturated heterocycles. The van der Waals surface area contributed by atoms with Crippen molar-refractivity contribution in [2.45, 2.75) is 31.9 Å². The average Bonchev–Trinajstić information content (AvgIpc) is 2.29. The number of fused-ring (bicyclic) bond motifs is 1. The van der Waals surface area contributed by atoms with Gasteiger partial charge in [0.15, 0.2) is 0 Å². The highest BCUT2D eigenvalue weighted by molar-refractivity contribution is 7.93. The van der Waals surface area contributed by atoms with Crippen molar-refractivity contribution in [3.05, 3.63) is 23.8 Å². The lowest BCUT2D eigenvalue weighted by Crippen LogP contribution is -2.24. The van der Waals surface area contributed by atoms with Gasteiger partial charge < -0.3 is 5.32 Å². The highest BCUT2D eigenvalue weighted by Crippen LogP contribution is 2.29. The second-order valence-corrected chi connectivity index (χ2v) is 6.79. The van der Waals surface area contributed by atoms with Gasteiger partial charge in [0.05, 0.1) is 10.9 Å². The van der Waals surface area contributed by atoms with Gasteiger partial charge in [0.1, 0.15) is 0 Å². The largest absolute Gasteiger partial charge is 0.385 e. The van der Waals surface area contributed by atoms with E-state index in [4.69, 9.17) is 0 Å². The Bertz CT molecular complexity index is 509. The molecule has 0 aromatic heterocycles. The first-order valence-corrected chi connectivity index (χ1v) is 7.43. The minimum atomic E-state index is -3.26. The van der Waals surface area contributed by atoms with E-state index in [0.717, 1.165) is 30.6 Å². The first kappa shape index (κ1) is 12.2. The summed E-state index contributed by atoms with van der Waals surface area (Å²) in [5.41, 5.74) is 2.83. The normalized spacial score (nSPS) is 15.2. The molecule has 0 unspecified atom stereocenters. The van der Waals surface area contributed by atoms with E-state index in [0.29, 0.717) is 5.69 Å². The molecule has 0 atom stereocenters. The molecule has 94 valence electrons. The van der Waals surface area contributed by atoms with Gasteiger partial charge in [-0.1, -0.05) is 6.07 Å². The summed E-state index contributed by atoms with van der Waals surface area (Å²) >= 11 is 0. The molecule has 0 aliphatic carbocycles. The van der Waals surface area contributed by atoms with Gasteiger partial charge in [-0.15, -0.1) is 0 Å². The van der Waals surface area contributed by atoms with Crippen LogP contribution in [0.3, 0.4) is 0 Å². The molecule has 1 aromatic carbocycles. The number of nitrogens with one attached hydrogen (secondary N) is 2. The summed E-state index contributed by atoms with van der Waals surface area (Å²) in [4.78, 5) is 0. The Kier molecular flexibility index (Phi) is 3.28. The number of benzene rings is 1. The Morgan fingerprint density at radius 2 is 2.12 bits per heavy atom. The van der Waals surface area contributed by atoms with Gasteiger partial charge in [-0.25, -0.2) is 8.42 Å². The predicted octanol–water partition coefficient (Wildman–Crippen LogP) is 2.19. The van der Waals surface area contributed by atoms with E-state index in [2.05, 4.69) is 10.0 Å². The van der Waals surface area contributed by atoms with Crippen molar-refractivity contribution in [3.63, 3.8) is 0 Å². The fourth-order valence-electron chi connectivity index (χ4n) is 1.88. The van der Waals surface area contributed by atoms with E-state index in [1.54, 1.807) is 13.8 Å². The first-order valence-electron chi connectivity index (χ1n) is 5.88. The Hall–Kier alpha value is -1.23. The zero-order chi connectivity index (χ0) is 12.5. The van der Waals surface area contributed by atoms with Crippen molar-refractivity contribution in [2.75, 3.05) is 16.6 Å². The van der Waals surface area contributed by atoms with Crippen LogP contribution in [0.4, 0.5) is 11.4 Å². The lowest BCUT2D eigenvalue weighted by atomic mass is 10.0. The van der Waals surface area contributed by atoms with Crippen LogP contribution in [0.2, 0.25) is 0 Å². The molecule has 1 heterocycles. The van der Waals surface area contributed by atoms with E-state index in [9.17, 15) is 8.42 Å². The number of rotatable bonds is 3. The molecule has 0 saturated carbocycles. The summed E-state index contributed by atoms with van der Waals surface area (Å²) in [5.74, 6) is 0. The molecule has 17 heavy (non-hydrogen) atoms. The maximum Gasteiger partial charge on any atom is 0.235 e. The van der Waals surface area contributed by atoms with E-state index in [1.165, 1.54) is 0 Å². The Morgan fingerprint density at radius 3 is 2.82 bits per heavy atom. The van der Waals surface area contributed by atoms with Crippen LogP contribution in [-0.2, 0) is 16.4 Å². The molecule has 4 nitrogen and oxygen atoms in total. The van der Waals surface area contributed by atoms with E-state index in [1.807, 2.05) is 18.2 Å². The van der Waals surface area contributed by atoms with Crippen LogP contribution in [0.15, 0.2) is 18.2 Å². The van der Waals surface area contributed by atoms with Crippen molar-refractivity contribution in [3.8, 4) is 0 Å². The fraction of sp³-hybridized carbons (Fsp3) is 0.500. The molecule has 1 aliphatic rings. The van der Waals surface area contributed by atoms with E-state index < -0.39 is 15.3 Å². The van der Waals surface area contributed by atoms with Gasteiger partial charge >= 0.3 is 0 Å². The minimum Gasteiger partial charge on any atom is -0.385 e. The molecule has 1 aliphatic heterocycles. The van der Waals surface area contributed by atoms with Crippen LogP contribution in [-0.4, -0.2) is 20.2 Å². The Morgan fingerprint density at radius 1 is 1.35 bits per heavy atom. The molecular formula is C12H18N2O2S. The van der Waals surface area contributed by atoms with Crippen molar-refractivity contribution in [1.29, 1.82) is 0 Å². The average molecular weight is 254 g/mol. The number of hydrogen-bond acceptors (Lipinski definition) is 3. The van der Waals surface area contributed by atoms with E-state index in [-0.39, 0.29) is 0 Å². The smallest absolute Gasteiger partial charge is 0.235 e. The molecule has 0 bridgehead atoms. The Labute approximate surface area is 102 Å². The maximum atomic E-state index is 11.9. The predicted molar refractivity (Wildman–Crippen MR) is 70.9 cm³/mol. The third-order valence-electron chi connectivity index (χ3n) is 2.97. The second kappa shape index (κ2) is 4.56. The van der Waals surface area contributed by atoms with Gasteiger partial charge in [0.25, 0.3) is 0 Å². The lowest BCUT2D eigenvalue weighted by molar-refractivity contribution is 0.592. The van der Waals surface area contributed by atoms with E-state index >= 15 is 0 Å². The number of hydrogen-bond donors (Lipinski definition) is 2. The molecule has 5 heteroatoms. The van der Waals surface area contributed by atoms with Crippen LogP contribution in [0.5, 0.6) is 0 Å². The summed E-state index contributed by atoms with van der Waals surface area (Å²) in [5, 5.41) is 2.86. The van der Waals surface area contributed by atoms with Crippen LogP contribution in [0.25, 0.3) is 0 Å². The quantitative estimate of drug-likeness (QED) is 0.869. The molecule has 0 radical (unpaired) electrons. The van der Waals surface area contributed by atoms with Gasteiger partial charge in [0, 0.05) is 12.2 Å². The lowest BCUT2D eigenvalue weighted by Gasteiger charge is -2.22. The minimum absolute atomic E-state index is 0.421. The standard InChI is InChI=1S/C12H18N2O2S/c1-9(2)17(15,16)14-12-7-3-6-11-10(12)5-4-8-13-11/h3,6-7,9,13-14H,4-5,8H2,1-2H3. The van der Waals surface area contributed by atoms with Crippen LogP contribution >= 0.6 is 0 Å². The van der Waals surface area contributed by atoms with Crippen molar-refractivity contribution >= 4 is 21.4 Å². The summed E-state index contributed by atoms with van der Waals surface area (Å²) in [6, 6.07) is 5.68. The first-order chi connectivity index (χ1) is 8.00. The maximum absolute atomic E-state index is 11.9. The molecule has 0 fully saturated rings. The molecule has 0 amide bonds. The molecule has 1 aromatic rings. The zero-order valence-corrected chi connectivity index (χ0v) is 11.0. The van der Waals surface area contributed by atoms with Crippen LogP contribution in [0.1, 0.15) is 25.8 Å². The summed E-state index contributed by atoms with van der Waals surface area (Å²) < 4.78 is 26.4. The van der Waals surface area contributed by atoms with Gasteiger partial charge in [-0.3, -0.25) is 4.72 Å². The molecule has 2 rings (SSSR count). The van der Waals surface area contributed by atoms with Crippen molar-refractivity contribution < 1.29 is 8.42 Å². The third-order valence-corrected chi connectivity index (χ3v) is 4.71. The monoisotopic (exact) mass is 254 g/mol. The summed E-state index contributed by atoms with van der Waals surface area (Å²) in [6.45, 7) is 4.30. The fourth-order valence-corrected chi connectivity index (χ4v) is 2.61. The number of anilines is 2. The van der Waals surface area contributed by atoms with Gasteiger partial charge in [0.2, 0.25) is 10.0 Å². The second-order valence-electron chi connectivity index (χ2n) is 4.56. The highest BCUT2D eigenvalue weighted by Gasteiger charge is 2.19. The SMILES string of the molecule is CC(C)S(=O)(=O)Nc1cccc2c1CCCN2. The summed E-state index contributed by atoms with van der Waals surface area (Å²) in [6.07, 6.45) is 1.95. The number of sulfonamides is 1. The van der Waals surface area contributed by atoms with Gasteiger partial charge in [-0.2, -0.15) is 0 Å². The van der Waals surface area contributed by atoms with Crippen LogP contribution < -0.4 is 10.0 Å². The van der Waals surface area contributed by atoms with Crippen LogP contribution in [0, 0.1) is 0 Å².